The molecule has 1 saturated heterocycles. The van der Waals surface area contributed by atoms with E-state index in [1.807, 2.05) is 0 Å². The zero-order chi connectivity index (χ0) is 31.2. The number of esters is 1. The summed E-state index contributed by atoms with van der Waals surface area (Å²) in [6.07, 6.45) is 4.52. The lowest BCUT2D eigenvalue weighted by atomic mass is 10.0. The van der Waals surface area contributed by atoms with Gasteiger partial charge in [0.2, 0.25) is 16.0 Å². The van der Waals surface area contributed by atoms with Gasteiger partial charge in [-0.1, -0.05) is 18.2 Å². The fourth-order valence-electron chi connectivity index (χ4n) is 4.47. The summed E-state index contributed by atoms with van der Waals surface area (Å²) in [4.78, 5) is 35.6. The molecule has 0 spiro atoms. The second kappa shape index (κ2) is 13.4. The molecule has 0 radical (unpaired) electrons. The molecule has 4 rings (SSSR count). The summed E-state index contributed by atoms with van der Waals surface area (Å²) in [5.41, 5.74) is -1.53. The molecule has 0 bridgehead atoms. The van der Waals surface area contributed by atoms with Gasteiger partial charge in [-0.05, 0) is 63.9 Å². The van der Waals surface area contributed by atoms with E-state index in [2.05, 4.69) is 25.3 Å². The summed E-state index contributed by atoms with van der Waals surface area (Å²) in [5, 5.41) is 5.55. The largest absolute Gasteiger partial charge is 0.459 e. The van der Waals surface area contributed by atoms with Crippen molar-refractivity contribution >= 4 is 33.5 Å². The molecule has 1 aliphatic heterocycles. The average molecular weight is 617 g/mol. The number of nitrogens with one attached hydrogen (secondary N) is 3. The van der Waals surface area contributed by atoms with Crippen LogP contribution in [-0.2, 0) is 19.6 Å². The van der Waals surface area contributed by atoms with E-state index < -0.39 is 57.3 Å². The quantitative estimate of drug-likeness (QED) is 0.293. The summed E-state index contributed by atoms with van der Waals surface area (Å²) in [7, 11) is -4.18. The van der Waals surface area contributed by atoms with Crippen LogP contribution < -0.4 is 20.3 Å². The predicted octanol–water partition coefficient (Wildman–Crippen LogP) is 3.25. The van der Waals surface area contributed by atoms with Gasteiger partial charge in [0.1, 0.15) is 11.6 Å². The van der Waals surface area contributed by atoms with Gasteiger partial charge in [0.25, 0.3) is 5.91 Å². The molecule has 2 aromatic carbocycles. The highest BCUT2D eigenvalue weighted by Gasteiger charge is 2.31. The molecule has 11 nitrogen and oxygen atoms in total. The molecular formula is C29H34F2N6O5S. The molecular weight excluding hydrogens is 582 g/mol. The third kappa shape index (κ3) is 8.45. The number of piperidine rings is 1. The highest BCUT2D eigenvalue weighted by atomic mass is 32.2. The molecule has 1 amide bonds. The van der Waals surface area contributed by atoms with Crippen LogP contribution in [0.3, 0.4) is 0 Å². The molecule has 43 heavy (non-hydrogen) atoms. The summed E-state index contributed by atoms with van der Waals surface area (Å²) >= 11 is 0. The monoisotopic (exact) mass is 616 g/mol. The van der Waals surface area contributed by atoms with Gasteiger partial charge in [0.15, 0.2) is 11.6 Å². The van der Waals surface area contributed by atoms with Crippen LogP contribution in [0.5, 0.6) is 0 Å². The van der Waals surface area contributed by atoms with Crippen molar-refractivity contribution in [3.05, 3.63) is 78.1 Å². The van der Waals surface area contributed by atoms with Crippen LogP contribution in [0, 0.1) is 11.6 Å². The summed E-state index contributed by atoms with van der Waals surface area (Å²) in [6.45, 7) is 5.10. The Morgan fingerprint density at radius 3 is 2.28 bits per heavy atom. The van der Waals surface area contributed by atoms with E-state index in [1.165, 1.54) is 30.3 Å². The lowest BCUT2D eigenvalue weighted by molar-refractivity contribution is -0.156. The van der Waals surface area contributed by atoms with Crippen molar-refractivity contribution in [1.82, 2.24) is 20.0 Å². The Hall–Kier alpha value is -4.17. The lowest BCUT2D eigenvalue weighted by Crippen LogP contribution is -2.50. The van der Waals surface area contributed by atoms with Crippen molar-refractivity contribution in [2.45, 2.75) is 56.2 Å². The van der Waals surface area contributed by atoms with Crippen LogP contribution in [0.4, 0.5) is 20.4 Å². The molecule has 230 valence electrons. The number of anilines is 2. The normalized spacial score (nSPS) is 15.0. The number of carbonyl (C=O) groups is 2. The first-order chi connectivity index (χ1) is 20.3. The fraction of sp³-hybridized carbons (Fsp3) is 0.379. The maximum Gasteiger partial charge on any atom is 0.326 e. The third-order valence-electron chi connectivity index (χ3n) is 6.55. The second-order valence-electron chi connectivity index (χ2n) is 11.0. The summed E-state index contributed by atoms with van der Waals surface area (Å²) in [6, 6.07) is 10.0. The average Bonchev–Trinajstić information content (AvgIpc) is 2.97. The van der Waals surface area contributed by atoms with E-state index in [0.29, 0.717) is 31.9 Å². The molecule has 14 heteroatoms. The molecule has 3 N–H and O–H groups in total. The van der Waals surface area contributed by atoms with Gasteiger partial charge in [0, 0.05) is 38.1 Å². The van der Waals surface area contributed by atoms with E-state index in [1.54, 1.807) is 50.2 Å². The van der Waals surface area contributed by atoms with Crippen molar-refractivity contribution in [3.8, 4) is 0 Å². The van der Waals surface area contributed by atoms with Crippen LogP contribution in [0.25, 0.3) is 0 Å². The molecule has 0 unspecified atom stereocenters. The third-order valence-corrected chi connectivity index (χ3v) is 8.04. The number of ether oxygens (including phenoxy) is 1. The molecule has 1 aliphatic rings. The fourth-order valence-corrected chi connectivity index (χ4v) is 5.68. The summed E-state index contributed by atoms with van der Waals surface area (Å²) < 4.78 is 63.6. The first-order valence-electron chi connectivity index (χ1n) is 13.7. The number of halogens is 2. The smallest absolute Gasteiger partial charge is 0.326 e. The minimum Gasteiger partial charge on any atom is -0.459 e. The van der Waals surface area contributed by atoms with Crippen molar-refractivity contribution in [3.63, 3.8) is 0 Å². The van der Waals surface area contributed by atoms with Gasteiger partial charge < -0.3 is 20.3 Å². The van der Waals surface area contributed by atoms with Crippen LogP contribution >= 0.6 is 0 Å². The maximum absolute atomic E-state index is 15.2. The van der Waals surface area contributed by atoms with Crippen LogP contribution in [0.15, 0.2) is 65.8 Å². The number of amides is 1. The van der Waals surface area contributed by atoms with Crippen LogP contribution in [0.2, 0.25) is 0 Å². The zero-order valence-electron chi connectivity index (χ0n) is 24.0. The van der Waals surface area contributed by atoms with Crippen molar-refractivity contribution < 1.29 is 31.5 Å². The molecule has 0 aliphatic carbocycles. The Kier molecular flexibility index (Phi) is 9.91. The Bertz CT molecular complexity index is 1530. The van der Waals surface area contributed by atoms with Crippen molar-refractivity contribution in [2.24, 2.45) is 0 Å². The zero-order valence-corrected chi connectivity index (χ0v) is 24.8. The Morgan fingerprint density at radius 2 is 1.65 bits per heavy atom. The number of aromatic nitrogens is 2. The molecule has 1 fully saturated rings. The Morgan fingerprint density at radius 1 is 1.00 bits per heavy atom. The van der Waals surface area contributed by atoms with Gasteiger partial charge in [-0.2, -0.15) is 4.72 Å². The van der Waals surface area contributed by atoms with Gasteiger partial charge in [-0.25, -0.2) is 27.2 Å². The topological polar surface area (TPSA) is 143 Å². The minimum atomic E-state index is -4.18. The SMILES string of the molecule is CC(C)(C)OC(=O)[C@H](CNC(=O)c1ccc(N2CCC(Nc3ncccn3)CC2)c(F)c1F)NS(=O)(=O)c1ccccc1. The number of nitrogens with zero attached hydrogens (tertiary/aromatic N) is 3. The van der Waals surface area contributed by atoms with E-state index in [4.69, 9.17) is 4.74 Å². The minimum absolute atomic E-state index is 0.0192. The Balaban J connectivity index is 1.42. The van der Waals surface area contributed by atoms with Gasteiger partial charge in [0.05, 0.1) is 16.1 Å². The molecule has 3 aromatic rings. The predicted molar refractivity (Wildman–Crippen MR) is 156 cm³/mol. The van der Waals surface area contributed by atoms with Gasteiger partial charge in [-0.15, -0.1) is 0 Å². The number of benzene rings is 2. The van der Waals surface area contributed by atoms with Gasteiger partial charge in [-0.3, -0.25) is 9.59 Å². The van der Waals surface area contributed by atoms with E-state index in [9.17, 15) is 18.0 Å². The number of rotatable bonds is 10. The summed E-state index contributed by atoms with van der Waals surface area (Å²) in [5.74, 6) is -4.02. The highest BCUT2D eigenvalue weighted by Crippen LogP contribution is 2.27. The number of hydrogen-bond donors (Lipinski definition) is 3. The molecule has 1 atom stereocenters. The van der Waals surface area contributed by atoms with Crippen LogP contribution in [0.1, 0.15) is 44.0 Å². The van der Waals surface area contributed by atoms with E-state index in [0.717, 1.165) is 6.07 Å². The number of carbonyl (C=O) groups excluding carboxylic acids is 2. The van der Waals surface area contributed by atoms with E-state index >= 15 is 8.78 Å². The second-order valence-corrected chi connectivity index (χ2v) is 12.7. The Labute approximate surface area is 249 Å². The van der Waals surface area contributed by atoms with Crippen molar-refractivity contribution in [1.29, 1.82) is 0 Å². The number of sulfonamides is 1. The molecule has 2 heterocycles. The molecule has 0 saturated carbocycles. The van der Waals surface area contributed by atoms with Gasteiger partial charge >= 0.3 is 5.97 Å². The number of hydrogen-bond acceptors (Lipinski definition) is 9. The van der Waals surface area contributed by atoms with Crippen molar-refractivity contribution in [2.75, 3.05) is 29.9 Å². The highest BCUT2D eigenvalue weighted by molar-refractivity contribution is 7.89. The first kappa shape index (κ1) is 31.8. The molecule has 1 aromatic heterocycles. The maximum atomic E-state index is 15.2. The van der Waals surface area contributed by atoms with Crippen LogP contribution in [-0.4, -0.2) is 67.6 Å². The van der Waals surface area contributed by atoms with E-state index in [-0.39, 0.29) is 16.6 Å². The lowest BCUT2D eigenvalue weighted by Gasteiger charge is -2.34. The standard InChI is InChI=1S/C29H34F2N6O5S/c1-29(2,3)42-27(39)22(36-43(40,41)20-8-5-4-6-9-20)18-34-26(38)21-10-11-23(25(31)24(21)30)37-16-12-19(13-17-37)35-28-32-14-7-15-33-28/h4-11,14-15,19,22,36H,12-13,16-18H2,1-3H3,(H,34,38)(H,32,33,35)/t22-/m0/s1. The first-order valence-corrected chi connectivity index (χ1v) is 15.2.